The van der Waals surface area contributed by atoms with Crippen LogP contribution >= 0.6 is 11.6 Å². The van der Waals surface area contributed by atoms with Crippen LogP contribution in [0.4, 0.5) is 10.5 Å². The van der Waals surface area contributed by atoms with Crippen molar-refractivity contribution in [3.05, 3.63) is 29.8 Å². The van der Waals surface area contributed by atoms with Crippen molar-refractivity contribution in [1.82, 2.24) is 5.32 Å². The predicted molar refractivity (Wildman–Crippen MR) is 93.9 cm³/mol. The first-order valence-electron chi connectivity index (χ1n) is 8.41. The van der Waals surface area contributed by atoms with Crippen LogP contribution in [0.1, 0.15) is 57.4 Å². The van der Waals surface area contributed by atoms with Gasteiger partial charge in [0.2, 0.25) is 0 Å². The molecule has 2 rings (SSSR count). The van der Waals surface area contributed by atoms with Gasteiger partial charge >= 0.3 is 6.03 Å². The summed E-state index contributed by atoms with van der Waals surface area (Å²) < 4.78 is 0. The number of nitrogens with one attached hydrogen (secondary N) is 2. The standard InChI is InChI=1S/C18H27ClN2O/c1-2-10-18(11-4-3-5-12-18)15-6-8-16(9-7-15)21-17(22)20-14-13-19/h6-9H,2-5,10-14H2,1H3,(H2,20,21,22). The first kappa shape index (κ1) is 17.1. The van der Waals surface area contributed by atoms with E-state index >= 15 is 0 Å². The van der Waals surface area contributed by atoms with E-state index in [-0.39, 0.29) is 6.03 Å². The molecule has 1 aliphatic carbocycles. The molecule has 0 aromatic heterocycles. The van der Waals surface area contributed by atoms with Crippen molar-refractivity contribution in [2.75, 3.05) is 17.7 Å². The van der Waals surface area contributed by atoms with Crippen LogP contribution in [0.5, 0.6) is 0 Å². The minimum Gasteiger partial charge on any atom is -0.337 e. The molecule has 2 N–H and O–H groups in total. The van der Waals surface area contributed by atoms with Gasteiger partial charge in [-0.3, -0.25) is 0 Å². The zero-order valence-corrected chi connectivity index (χ0v) is 14.2. The zero-order valence-electron chi connectivity index (χ0n) is 13.5. The van der Waals surface area contributed by atoms with E-state index in [4.69, 9.17) is 11.6 Å². The van der Waals surface area contributed by atoms with E-state index in [1.165, 1.54) is 50.5 Å². The van der Waals surface area contributed by atoms with E-state index in [2.05, 4.69) is 29.7 Å². The molecule has 0 aliphatic heterocycles. The molecule has 1 aromatic carbocycles. The van der Waals surface area contributed by atoms with Gasteiger partial charge in [0.15, 0.2) is 0 Å². The number of carbonyl (C=O) groups excluding carboxylic acids is 1. The van der Waals surface area contributed by atoms with Crippen molar-refractivity contribution in [3.8, 4) is 0 Å². The maximum Gasteiger partial charge on any atom is 0.319 e. The van der Waals surface area contributed by atoms with Gasteiger partial charge in [-0.15, -0.1) is 11.6 Å². The molecule has 1 aliphatic rings. The molecular weight excluding hydrogens is 296 g/mol. The molecule has 0 saturated heterocycles. The fraction of sp³-hybridized carbons (Fsp3) is 0.611. The Kier molecular flexibility index (Phi) is 6.56. The molecule has 0 radical (unpaired) electrons. The number of anilines is 1. The number of alkyl halides is 1. The number of carbonyl (C=O) groups is 1. The average molecular weight is 323 g/mol. The summed E-state index contributed by atoms with van der Waals surface area (Å²) in [4.78, 5) is 11.6. The van der Waals surface area contributed by atoms with Gasteiger partial charge in [0.1, 0.15) is 0 Å². The van der Waals surface area contributed by atoms with Crippen LogP contribution in [-0.4, -0.2) is 18.5 Å². The van der Waals surface area contributed by atoms with Crippen LogP contribution in [0.3, 0.4) is 0 Å². The zero-order chi connectivity index (χ0) is 15.8. The summed E-state index contributed by atoms with van der Waals surface area (Å²) in [5.41, 5.74) is 2.62. The second-order valence-electron chi connectivity index (χ2n) is 6.24. The second-order valence-corrected chi connectivity index (χ2v) is 6.62. The van der Waals surface area contributed by atoms with Gasteiger partial charge < -0.3 is 10.6 Å². The number of benzene rings is 1. The number of hydrogen-bond donors (Lipinski definition) is 2. The maximum absolute atomic E-state index is 11.6. The summed E-state index contributed by atoms with van der Waals surface area (Å²) >= 11 is 5.56. The molecule has 3 nitrogen and oxygen atoms in total. The van der Waals surface area contributed by atoms with Gasteiger partial charge in [0.05, 0.1) is 0 Å². The lowest BCUT2D eigenvalue weighted by atomic mass is 9.67. The van der Waals surface area contributed by atoms with E-state index in [0.717, 1.165) is 5.69 Å². The molecule has 122 valence electrons. The fourth-order valence-electron chi connectivity index (χ4n) is 3.63. The quantitative estimate of drug-likeness (QED) is 0.707. The Morgan fingerprint density at radius 3 is 2.45 bits per heavy atom. The number of amides is 2. The predicted octanol–water partition coefficient (Wildman–Crippen LogP) is 5.05. The number of rotatable bonds is 6. The lowest BCUT2D eigenvalue weighted by Gasteiger charge is -2.38. The fourth-order valence-corrected chi connectivity index (χ4v) is 3.73. The highest BCUT2D eigenvalue weighted by molar-refractivity contribution is 6.18. The Bertz CT molecular complexity index is 461. The van der Waals surface area contributed by atoms with Gasteiger partial charge in [-0.25, -0.2) is 4.79 Å². The Hall–Kier alpha value is -1.22. The van der Waals surface area contributed by atoms with Crippen LogP contribution in [0.25, 0.3) is 0 Å². The van der Waals surface area contributed by atoms with E-state index in [1.54, 1.807) is 0 Å². The first-order chi connectivity index (χ1) is 10.7. The van der Waals surface area contributed by atoms with Crippen LogP contribution < -0.4 is 10.6 Å². The highest BCUT2D eigenvalue weighted by Gasteiger charge is 2.32. The highest BCUT2D eigenvalue weighted by Crippen LogP contribution is 2.43. The molecule has 0 atom stereocenters. The van der Waals surface area contributed by atoms with Crippen LogP contribution in [0.2, 0.25) is 0 Å². The minimum absolute atomic E-state index is 0.200. The largest absolute Gasteiger partial charge is 0.337 e. The average Bonchev–Trinajstić information content (AvgIpc) is 2.55. The van der Waals surface area contributed by atoms with Crippen molar-refractivity contribution < 1.29 is 4.79 Å². The van der Waals surface area contributed by atoms with E-state index in [1.807, 2.05) is 12.1 Å². The van der Waals surface area contributed by atoms with Crippen molar-refractivity contribution >= 4 is 23.3 Å². The number of halogens is 1. The lowest BCUT2D eigenvalue weighted by Crippen LogP contribution is -2.30. The molecular formula is C18H27ClN2O. The first-order valence-corrected chi connectivity index (χ1v) is 8.95. The van der Waals surface area contributed by atoms with Crippen LogP contribution in [0.15, 0.2) is 24.3 Å². The van der Waals surface area contributed by atoms with Gasteiger partial charge in [-0.2, -0.15) is 0 Å². The third-order valence-electron chi connectivity index (χ3n) is 4.67. The van der Waals surface area contributed by atoms with E-state index in [9.17, 15) is 4.79 Å². The maximum atomic E-state index is 11.6. The van der Waals surface area contributed by atoms with Gasteiger partial charge in [0.25, 0.3) is 0 Å². The van der Waals surface area contributed by atoms with E-state index < -0.39 is 0 Å². The molecule has 0 heterocycles. The molecule has 1 fully saturated rings. The lowest BCUT2D eigenvalue weighted by molar-refractivity contribution is 0.252. The monoisotopic (exact) mass is 322 g/mol. The Labute approximate surface area is 138 Å². The molecule has 1 saturated carbocycles. The van der Waals surface area contributed by atoms with Crippen molar-refractivity contribution in [3.63, 3.8) is 0 Å². The third kappa shape index (κ3) is 4.39. The van der Waals surface area contributed by atoms with Gasteiger partial charge in [0, 0.05) is 18.1 Å². The molecule has 0 bridgehead atoms. The van der Waals surface area contributed by atoms with Crippen LogP contribution in [0, 0.1) is 0 Å². The molecule has 0 unspecified atom stereocenters. The Balaban J connectivity index is 2.04. The molecule has 1 aromatic rings. The third-order valence-corrected chi connectivity index (χ3v) is 4.86. The van der Waals surface area contributed by atoms with Crippen molar-refractivity contribution in [2.24, 2.45) is 0 Å². The summed E-state index contributed by atoms with van der Waals surface area (Å²) in [6, 6.07) is 8.22. The highest BCUT2D eigenvalue weighted by atomic mass is 35.5. The smallest absolute Gasteiger partial charge is 0.319 e. The molecule has 22 heavy (non-hydrogen) atoms. The van der Waals surface area contributed by atoms with Gasteiger partial charge in [-0.05, 0) is 42.4 Å². The SMILES string of the molecule is CCCC1(c2ccc(NC(=O)NCCCl)cc2)CCCCC1. The second kappa shape index (κ2) is 8.42. The topological polar surface area (TPSA) is 41.1 Å². The normalized spacial score (nSPS) is 17.0. The van der Waals surface area contributed by atoms with Crippen LogP contribution in [-0.2, 0) is 5.41 Å². The summed E-state index contributed by atoms with van der Waals surface area (Å²) in [6.45, 7) is 2.75. The Morgan fingerprint density at radius 2 is 1.86 bits per heavy atom. The molecule has 4 heteroatoms. The molecule has 0 spiro atoms. The summed E-state index contributed by atoms with van der Waals surface area (Å²) in [5, 5.41) is 5.55. The Morgan fingerprint density at radius 1 is 1.18 bits per heavy atom. The van der Waals surface area contributed by atoms with Crippen molar-refractivity contribution in [1.29, 1.82) is 0 Å². The van der Waals surface area contributed by atoms with Crippen molar-refractivity contribution in [2.45, 2.75) is 57.3 Å². The summed E-state index contributed by atoms with van der Waals surface area (Å²) in [7, 11) is 0. The van der Waals surface area contributed by atoms with E-state index in [0.29, 0.717) is 17.8 Å². The van der Waals surface area contributed by atoms with Gasteiger partial charge in [-0.1, -0.05) is 44.7 Å². The summed E-state index contributed by atoms with van der Waals surface area (Å²) in [6.07, 6.45) is 9.11. The molecule has 2 amide bonds. The minimum atomic E-state index is -0.200. The number of urea groups is 1. The number of hydrogen-bond acceptors (Lipinski definition) is 1. The summed E-state index contributed by atoms with van der Waals surface area (Å²) in [5.74, 6) is 0.423.